The molecule has 1 fully saturated rings. The lowest BCUT2D eigenvalue weighted by atomic mass is 9.95. The minimum atomic E-state index is 0.665. The number of aromatic amines is 1. The predicted octanol–water partition coefficient (Wildman–Crippen LogP) is 5.17. The molecule has 0 saturated heterocycles. The second-order valence-electron chi connectivity index (χ2n) is 5.56. The molecule has 2 rings (SSSR count). The quantitative estimate of drug-likeness (QED) is 0.556. The molecule has 0 atom stereocenters. The van der Waals surface area contributed by atoms with Gasteiger partial charge in [0.05, 0.1) is 0 Å². The van der Waals surface area contributed by atoms with Crippen LogP contribution in [0.3, 0.4) is 0 Å². The summed E-state index contributed by atoms with van der Waals surface area (Å²) in [5.41, 5.74) is 1.43. The van der Waals surface area contributed by atoms with E-state index in [-0.39, 0.29) is 0 Å². The molecule has 0 aromatic carbocycles. The van der Waals surface area contributed by atoms with E-state index in [1.54, 1.807) is 0 Å². The van der Waals surface area contributed by atoms with Crippen LogP contribution in [0.5, 0.6) is 0 Å². The van der Waals surface area contributed by atoms with E-state index in [0.717, 1.165) is 4.77 Å². The molecular formula is C15H26N2S. The highest BCUT2D eigenvalue weighted by molar-refractivity contribution is 7.71. The normalized spacial score (nSPS) is 17.2. The lowest BCUT2D eigenvalue weighted by Gasteiger charge is -2.25. The zero-order valence-electron chi connectivity index (χ0n) is 11.6. The van der Waals surface area contributed by atoms with Gasteiger partial charge in [-0.2, -0.15) is 0 Å². The van der Waals surface area contributed by atoms with Crippen molar-refractivity contribution in [2.75, 3.05) is 0 Å². The predicted molar refractivity (Wildman–Crippen MR) is 79.6 cm³/mol. The fourth-order valence-corrected chi connectivity index (χ4v) is 3.40. The molecule has 2 nitrogen and oxygen atoms in total. The van der Waals surface area contributed by atoms with Crippen molar-refractivity contribution >= 4 is 12.2 Å². The van der Waals surface area contributed by atoms with Crippen LogP contribution in [0.15, 0.2) is 6.20 Å². The van der Waals surface area contributed by atoms with E-state index < -0.39 is 0 Å². The lowest BCUT2D eigenvalue weighted by Crippen LogP contribution is -2.15. The van der Waals surface area contributed by atoms with Crippen molar-refractivity contribution in [2.24, 2.45) is 0 Å². The number of hydrogen-bond acceptors (Lipinski definition) is 1. The average molecular weight is 266 g/mol. The van der Waals surface area contributed by atoms with Gasteiger partial charge >= 0.3 is 0 Å². The van der Waals surface area contributed by atoms with Gasteiger partial charge in [0.15, 0.2) is 4.77 Å². The van der Waals surface area contributed by atoms with E-state index in [1.165, 1.54) is 69.9 Å². The van der Waals surface area contributed by atoms with Gasteiger partial charge in [-0.25, -0.2) is 0 Å². The molecule has 0 radical (unpaired) electrons. The number of unbranched alkanes of at least 4 members (excludes halogenated alkanes) is 3. The number of hydrogen-bond donors (Lipinski definition) is 1. The first kappa shape index (κ1) is 13.9. The van der Waals surface area contributed by atoms with Crippen LogP contribution in [0, 0.1) is 4.77 Å². The van der Waals surface area contributed by atoms with Gasteiger partial charge in [-0.15, -0.1) is 0 Å². The lowest BCUT2D eigenvalue weighted by molar-refractivity contribution is 0.343. The third-order valence-corrected chi connectivity index (χ3v) is 4.43. The molecule has 0 aliphatic heterocycles. The van der Waals surface area contributed by atoms with Crippen molar-refractivity contribution < 1.29 is 0 Å². The third-order valence-electron chi connectivity index (χ3n) is 4.12. The van der Waals surface area contributed by atoms with Crippen LogP contribution in [0.25, 0.3) is 0 Å². The number of rotatable bonds is 6. The second kappa shape index (κ2) is 7.13. The minimum Gasteiger partial charge on any atom is -0.337 e. The van der Waals surface area contributed by atoms with Gasteiger partial charge in [-0.05, 0) is 37.9 Å². The highest BCUT2D eigenvalue weighted by Crippen LogP contribution is 2.29. The molecule has 0 unspecified atom stereocenters. The molecule has 1 N–H and O–H groups in total. The van der Waals surface area contributed by atoms with Crippen LogP contribution in [0.4, 0.5) is 0 Å². The van der Waals surface area contributed by atoms with Crippen molar-refractivity contribution in [1.82, 2.24) is 9.55 Å². The monoisotopic (exact) mass is 266 g/mol. The summed E-state index contributed by atoms with van der Waals surface area (Å²) < 4.78 is 3.35. The molecule has 1 aromatic heterocycles. The van der Waals surface area contributed by atoms with Crippen LogP contribution in [0.2, 0.25) is 0 Å². The summed E-state index contributed by atoms with van der Waals surface area (Å²) in [5.74, 6) is 0. The van der Waals surface area contributed by atoms with Crippen molar-refractivity contribution in [1.29, 1.82) is 0 Å². The van der Waals surface area contributed by atoms with Crippen molar-refractivity contribution in [3.8, 4) is 0 Å². The summed E-state index contributed by atoms with van der Waals surface area (Å²) in [7, 11) is 0. The highest BCUT2D eigenvalue weighted by Gasteiger charge is 2.18. The van der Waals surface area contributed by atoms with Crippen LogP contribution >= 0.6 is 12.2 Å². The van der Waals surface area contributed by atoms with E-state index in [1.807, 2.05) is 0 Å². The van der Waals surface area contributed by atoms with Crippen molar-refractivity contribution in [2.45, 2.75) is 77.2 Å². The molecular weight excluding hydrogens is 240 g/mol. The Hall–Kier alpha value is -0.570. The molecule has 1 aromatic rings. The number of nitrogens with one attached hydrogen (secondary N) is 1. The Balaban J connectivity index is 1.99. The maximum absolute atomic E-state index is 5.46. The fraction of sp³-hybridized carbons (Fsp3) is 0.800. The topological polar surface area (TPSA) is 20.7 Å². The molecule has 0 amide bonds. The van der Waals surface area contributed by atoms with Crippen molar-refractivity contribution in [3.63, 3.8) is 0 Å². The Morgan fingerprint density at radius 2 is 2.00 bits per heavy atom. The number of aromatic nitrogens is 2. The number of H-pyrrole nitrogens is 1. The largest absolute Gasteiger partial charge is 0.337 e. The Morgan fingerprint density at radius 3 is 2.72 bits per heavy atom. The second-order valence-corrected chi connectivity index (χ2v) is 5.94. The summed E-state index contributed by atoms with van der Waals surface area (Å²) in [6, 6.07) is 0.665. The van der Waals surface area contributed by atoms with Crippen molar-refractivity contribution in [3.05, 3.63) is 16.7 Å². The zero-order valence-corrected chi connectivity index (χ0v) is 12.4. The maximum atomic E-state index is 5.46. The van der Waals surface area contributed by atoms with E-state index in [9.17, 15) is 0 Å². The Labute approximate surface area is 116 Å². The molecule has 1 heterocycles. The maximum Gasteiger partial charge on any atom is 0.177 e. The number of aryl methyl sites for hydroxylation is 1. The summed E-state index contributed by atoms with van der Waals surface area (Å²) in [6.45, 7) is 2.26. The molecule has 0 bridgehead atoms. The average Bonchev–Trinajstić information content (AvgIpc) is 2.77. The zero-order chi connectivity index (χ0) is 12.8. The van der Waals surface area contributed by atoms with Crippen LogP contribution < -0.4 is 0 Å². The minimum absolute atomic E-state index is 0.665. The van der Waals surface area contributed by atoms with E-state index in [0.29, 0.717) is 6.04 Å². The Morgan fingerprint density at radius 1 is 1.22 bits per heavy atom. The summed E-state index contributed by atoms with van der Waals surface area (Å²) >= 11 is 5.46. The van der Waals surface area contributed by atoms with Gasteiger partial charge in [-0.3, -0.25) is 0 Å². The molecule has 3 heteroatoms. The third kappa shape index (κ3) is 3.47. The van der Waals surface area contributed by atoms with Gasteiger partial charge in [-0.1, -0.05) is 45.4 Å². The molecule has 102 valence electrons. The van der Waals surface area contributed by atoms with E-state index in [4.69, 9.17) is 12.2 Å². The summed E-state index contributed by atoms with van der Waals surface area (Å²) in [5, 5.41) is 0. The molecule has 0 spiro atoms. The summed E-state index contributed by atoms with van der Waals surface area (Å²) in [4.78, 5) is 3.25. The van der Waals surface area contributed by atoms with Crippen LogP contribution in [0.1, 0.15) is 76.4 Å². The van der Waals surface area contributed by atoms with Crippen LogP contribution in [-0.2, 0) is 6.42 Å². The smallest absolute Gasteiger partial charge is 0.177 e. The van der Waals surface area contributed by atoms with E-state index in [2.05, 4.69) is 22.7 Å². The Bertz CT molecular complexity index is 399. The fourth-order valence-electron chi connectivity index (χ4n) is 3.08. The van der Waals surface area contributed by atoms with E-state index >= 15 is 0 Å². The molecule has 1 aliphatic rings. The van der Waals surface area contributed by atoms with Gasteiger partial charge in [0.2, 0.25) is 0 Å². The number of nitrogens with zero attached hydrogens (tertiary/aromatic N) is 1. The first-order valence-corrected chi connectivity index (χ1v) is 8.02. The number of imidazole rings is 1. The first-order valence-electron chi connectivity index (χ1n) is 7.61. The molecule has 18 heavy (non-hydrogen) atoms. The SMILES string of the molecule is CCCCCCc1c[nH]c(=S)n1C1CCCCC1. The van der Waals surface area contributed by atoms with Crippen LogP contribution in [-0.4, -0.2) is 9.55 Å². The first-order chi connectivity index (χ1) is 8.83. The Kier molecular flexibility index (Phi) is 5.48. The molecule has 1 aliphatic carbocycles. The van der Waals surface area contributed by atoms with Gasteiger partial charge in [0, 0.05) is 17.9 Å². The van der Waals surface area contributed by atoms with Gasteiger partial charge in [0.1, 0.15) is 0 Å². The van der Waals surface area contributed by atoms with Gasteiger partial charge < -0.3 is 9.55 Å². The standard InChI is InChI=1S/C15H26N2S/c1-2-3-4-6-11-14-12-16-15(18)17(14)13-9-7-5-8-10-13/h12-13H,2-11H2,1H3,(H,16,18). The van der Waals surface area contributed by atoms with Gasteiger partial charge in [0.25, 0.3) is 0 Å². The highest BCUT2D eigenvalue weighted by atomic mass is 32.1. The summed E-state index contributed by atoms with van der Waals surface area (Å²) in [6.07, 6.45) is 15.4. The molecule has 1 saturated carbocycles.